The Kier molecular flexibility index (Phi) is 3.96. The van der Waals surface area contributed by atoms with Crippen LogP contribution in [0, 0.1) is 11.3 Å². The zero-order chi connectivity index (χ0) is 13.7. The summed E-state index contributed by atoms with van der Waals surface area (Å²) < 4.78 is 5.36. The van der Waals surface area contributed by atoms with Crippen LogP contribution < -0.4 is 11.1 Å². The smallest absolute Gasteiger partial charge is 0.291 e. The number of benzene rings is 1. The van der Waals surface area contributed by atoms with Crippen LogP contribution >= 0.6 is 0 Å². The van der Waals surface area contributed by atoms with Gasteiger partial charge in [-0.3, -0.25) is 4.79 Å². The monoisotopic (exact) mass is 255 g/mol. The second-order valence-electron chi connectivity index (χ2n) is 3.95. The van der Waals surface area contributed by atoms with E-state index in [2.05, 4.69) is 5.32 Å². The van der Waals surface area contributed by atoms with E-state index >= 15 is 0 Å². The van der Waals surface area contributed by atoms with Gasteiger partial charge in [0.2, 0.25) is 0 Å². The van der Waals surface area contributed by atoms with Crippen molar-refractivity contribution >= 4 is 11.6 Å². The molecule has 0 aliphatic heterocycles. The van der Waals surface area contributed by atoms with Gasteiger partial charge in [-0.15, -0.1) is 0 Å². The molecule has 0 unspecified atom stereocenters. The molecule has 19 heavy (non-hydrogen) atoms. The highest BCUT2D eigenvalue weighted by Crippen LogP contribution is 2.13. The summed E-state index contributed by atoms with van der Waals surface area (Å²) in [6.45, 7) is 0.476. The van der Waals surface area contributed by atoms with Gasteiger partial charge in [-0.1, -0.05) is 0 Å². The third kappa shape index (κ3) is 3.21. The summed E-state index contributed by atoms with van der Waals surface area (Å²) in [5.41, 5.74) is 6.56. The highest BCUT2D eigenvalue weighted by Gasteiger charge is 2.11. The van der Waals surface area contributed by atoms with Crippen LogP contribution in [0.25, 0.3) is 0 Å². The van der Waals surface area contributed by atoms with Crippen molar-refractivity contribution in [2.24, 2.45) is 5.73 Å². The zero-order valence-electron chi connectivity index (χ0n) is 10.2. The molecule has 0 aliphatic rings. The number of hydrogen-bond acceptors (Lipinski definition) is 4. The van der Waals surface area contributed by atoms with Gasteiger partial charge in [0.1, 0.15) is 5.76 Å². The average Bonchev–Trinajstić information content (AvgIpc) is 2.89. The minimum absolute atomic E-state index is 0.243. The van der Waals surface area contributed by atoms with Crippen molar-refractivity contribution in [2.45, 2.75) is 6.42 Å². The van der Waals surface area contributed by atoms with Gasteiger partial charge in [0, 0.05) is 12.1 Å². The highest BCUT2D eigenvalue weighted by molar-refractivity contribution is 6.02. The first-order valence-electron chi connectivity index (χ1n) is 5.83. The number of amides is 1. The number of anilines is 1. The normalized spacial score (nSPS) is 9.89. The van der Waals surface area contributed by atoms with E-state index in [4.69, 9.17) is 15.4 Å². The van der Waals surface area contributed by atoms with Crippen LogP contribution in [0.4, 0.5) is 5.69 Å². The van der Waals surface area contributed by atoms with Crippen molar-refractivity contribution in [3.05, 3.63) is 53.5 Å². The molecule has 0 radical (unpaired) electrons. The summed E-state index contributed by atoms with van der Waals surface area (Å²) in [5.74, 6) is 0.605. The Hall–Kier alpha value is -2.58. The Labute approximate surface area is 110 Å². The molecule has 0 atom stereocenters. The first-order chi connectivity index (χ1) is 9.22. The lowest BCUT2D eigenvalue weighted by Crippen LogP contribution is -2.10. The largest absolute Gasteiger partial charge is 0.456 e. The van der Waals surface area contributed by atoms with E-state index in [-0.39, 0.29) is 11.7 Å². The van der Waals surface area contributed by atoms with Crippen molar-refractivity contribution in [3.63, 3.8) is 0 Å². The van der Waals surface area contributed by atoms with Crippen LogP contribution in [0.3, 0.4) is 0 Å². The summed E-state index contributed by atoms with van der Waals surface area (Å²) in [5, 5.41) is 11.4. The van der Waals surface area contributed by atoms with Gasteiger partial charge in [0.05, 0.1) is 11.6 Å². The summed E-state index contributed by atoms with van der Waals surface area (Å²) in [6.07, 6.45) is 0.601. The molecule has 96 valence electrons. The SMILES string of the molecule is N#Cc1ccc(NC(=O)c2ccc(CCN)o2)cc1. The number of nitriles is 1. The van der Waals surface area contributed by atoms with E-state index in [1.165, 1.54) is 0 Å². The lowest BCUT2D eigenvalue weighted by molar-refractivity contribution is 0.0995. The van der Waals surface area contributed by atoms with Crippen LogP contribution in [-0.2, 0) is 6.42 Å². The summed E-state index contributed by atoms with van der Waals surface area (Å²) >= 11 is 0. The van der Waals surface area contributed by atoms with Gasteiger partial charge >= 0.3 is 0 Å². The molecule has 0 saturated carbocycles. The van der Waals surface area contributed by atoms with Gasteiger partial charge in [-0.25, -0.2) is 0 Å². The first kappa shape index (κ1) is 12.9. The van der Waals surface area contributed by atoms with Crippen molar-refractivity contribution in [3.8, 4) is 6.07 Å². The molecule has 1 aromatic heterocycles. The number of rotatable bonds is 4. The second kappa shape index (κ2) is 5.85. The minimum atomic E-state index is -0.326. The standard InChI is InChI=1S/C14H13N3O2/c15-8-7-12-5-6-13(19-12)14(18)17-11-3-1-10(9-16)2-4-11/h1-6H,7-8,15H2,(H,17,18). The number of nitrogens with two attached hydrogens (primary N) is 1. The lowest BCUT2D eigenvalue weighted by atomic mass is 10.2. The Morgan fingerprint density at radius 3 is 2.63 bits per heavy atom. The maximum absolute atomic E-state index is 11.9. The van der Waals surface area contributed by atoms with E-state index < -0.39 is 0 Å². The molecule has 0 saturated heterocycles. The average molecular weight is 255 g/mol. The molecule has 2 rings (SSSR count). The number of furan rings is 1. The molecule has 1 heterocycles. The molecular weight excluding hydrogens is 242 g/mol. The molecular formula is C14H13N3O2. The first-order valence-corrected chi connectivity index (χ1v) is 5.83. The van der Waals surface area contributed by atoms with Gasteiger partial charge in [0.15, 0.2) is 5.76 Å². The fourth-order valence-electron chi connectivity index (χ4n) is 1.60. The molecule has 1 aromatic carbocycles. The van der Waals surface area contributed by atoms with Crippen molar-refractivity contribution in [1.29, 1.82) is 5.26 Å². The van der Waals surface area contributed by atoms with Crippen LogP contribution in [0.2, 0.25) is 0 Å². The summed E-state index contributed by atoms with van der Waals surface area (Å²) in [7, 11) is 0. The van der Waals surface area contributed by atoms with Gasteiger partial charge in [-0.2, -0.15) is 5.26 Å². The molecule has 3 N–H and O–H groups in total. The number of carbonyl (C=O) groups is 1. The molecule has 0 aliphatic carbocycles. The Balaban J connectivity index is 2.05. The van der Waals surface area contributed by atoms with Crippen molar-refractivity contribution < 1.29 is 9.21 Å². The minimum Gasteiger partial charge on any atom is -0.456 e. The Morgan fingerprint density at radius 2 is 2.00 bits per heavy atom. The fourth-order valence-corrected chi connectivity index (χ4v) is 1.60. The number of nitrogens with one attached hydrogen (secondary N) is 1. The Morgan fingerprint density at radius 1 is 1.26 bits per heavy atom. The van der Waals surface area contributed by atoms with Gasteiger partial charge in [0.25, 0.3) is 5.91 Å². The van der Waals surface area contributed by atoms with Crippen LogP contribution in [0.1, 0.15) is 21.9 Å². The Bertz CT molecular complexity index is 608. The van der Waals surface area contributed by atoms with Gasteiger partial charge < -0.3 is 15.5 Å². The molecule has 5 heteroatoms. The third-order valence-corrected chi connectivity index (χ3v) is 2.55. The quantitative estimate of drug-likeness (QED) is 0.872. The second-order valence-corrected chi connectivity index (χ2v) is 3.95. The maximum Gasteiger partial charge on any atom is 0.291 e. The predicted octanol–water partition coefficient (Wildman–Crippen LogP) is 1.90. The van der Waals surface area contributed by atoms with Crippen molar-refractivity contribution in [1.82, 2.24) is 0 Å². The van der Waals surface area contributed by atoms with E-state index in [9.17, 15) is 4.79 Å². The van der Waals surface area contributed by atoms with E-state index in [1.54, 1.807) is 36.4 Å². The number of carbonyl (C=O) groups excluding carboxylic acids is 1. The fraction of sp³-hybridized carbons (Fsp3) is 0.143. The van der Waals surface area contributed by atoms with E-state index in [1.807, 2.05) is 6.07 Å². The van der Waals surface area contributed by atoms with Crippen LogP contribution in [-0.4, -0.2) is 12.5 Å². The molecule has 2 aromatic rings. The van der Waals surface area contributed by atoms with Gasteiger partial charge in [-0.05, 0) is 42.9 Å². The number of hydrogen-bond donors (Lipinski definition) is 2. The maximum atomic E-state index is 11.9. The molecule has 5 nitrogen and oxygen atoms in total. The summed E-state index contributed by atoms with van der Waals surface area (Å²) in [4.78, 5) is 11.9. The third-order valence-electron chi connectivity index (χ3n) is 2.55. The van der Waals surface area contributed by atoms with Crippen molar-refractivity contribution in [2.75, 3.05) is 11.9 Å². The lowest BCUT2D eigenvalue weighted by Gasteiger charge is -2.02. The highest BCUT2D eigenvalue weighted by atomic mass is 16.3. The van der Waals surface area contributed by atoms with Crippen LogP contribution in [0.15, 0.2) is 40.8 Å². The van der Waals surface area contributed by atoms with E-state index in [0.717, 1.165) is 0 Å². The predicted molar refractivity (Wildman–Crippen MR) is 70.6 cm³/mol. The molecule has 1 amide bonds. The molecule has 0 bridgehead atoms. The topological polar surface area (TPSA) is 92.0 Å². The molecule has 0 spiro atoms. The molecule has 0 fully saturated rings. The van der Waals surface area contributed by atoms with Crippen LogP contribution in [0.5, 0.6) is 0 Å². The number of nitrogens with zero attached hydrogens (tertiary/aromatic N) is 1. The summed E-state index contributed by atoms with van der Waals surface area (Å²) in [6, 6.07) is 12.0. The zero-order valence-corrected chi connectivity index (χ0v) is 10.2. The van der Waals surface area contributed by atoms with E-state index in [0.29, 0.717) is 30.0 Å².